The lowest BCUT2D eigenvalue weighted by Crippen LogP contribution is -2.44. The van der Waals surface area contributed by atoms with Crippen molar-refractivity contribution in [1.29, 1.82) is 0 Å². The summed E-state index contributed by atoms with van der Waals surface area (Å²) in [6.07, 6.45) is -2.35. The second kappa shape index (κ2) is 6.45. The Morgan fingerprint density at radius 1 is 1.06 bits per heavy atom. The zero-order chi connectivity index (χ0) is 12.8. The Bertz CT molecular complexity index is 188. The van der Waals surface area contributed by atoms with Gasteiger partial charge in [-0.25, -0.2) is 0 Å². The van der Waals surface area contributed by atoms with Gasteiger partial charge in [0.05, 0.1) is 6.54 Å². The van der Waals surface area contributed by atoms with Crippen LogP contribution < -0.4 is 5.32 Å². The molecule has 0 rings (SSSR count). The van der Waals surface area contributed by atoms with Crippen molar-refractivity contribution in [1.82, 2.24) is 10.2 Å². The Morgan fingerprint density at radius 3 is 1.88 bits per heavy atom. The SMILES string of the molecule is CCC(CC)(CNC)CN(C)CC(F)(F)F. The molecule has 0 bridgehead atoms. The van der Waals surface area contributed by atoms with Crippen molar-refractivity contribution in [2.24, 2.45) is 5.41 Å². The number of rotatable bonds is 7. The van der Waals surface area contributed by atoms with E-state index < -0.39 is 12.7 Å². The summed E-state index contributed by atoms with van der Waals surface area (Å²) in [6, 6.07) is 0. The van der Waals surface area contributed by atoms with Crippen LogP contribution in [-0.2, 0) is 0 Å². The molecule has 0 saturated heterocycles. The molecule has 0 aliphatic rings. The van der Waals surface area contributed by atoms with Gasteiger partial charge < -0.3 is 5.32 Å². The van der Waals surface area contributed by atoms with Crippen molar-refractivity contribution in [3.8, 4) is 0 Å². The highest BCUT2D eigenvalue weighted by molar-refractivity contribution is 4.82. The van der Waals surface area contributed by atoms with Gasteiger partial charge in [0, 0.05) is 13.1 Å². The molecule has 98 valence electrons. The molecule has 0 aromatic carbocycles. The average molecular weight is 240 g/mol. The van der Waals surface area contributed by atoms with Crippen molar-refractivity contribution in [2.75, 3.05) is 33.7 Å². The molecule has 0 fully saturated rings. The van der Waals surface area contributed by atoms with Crippen LogP contribution >= 0.6 is 0 Å². The Hall–Kier alpha value is -0.290. The van der Waals surface area contributed by atoms with Crippen LogP contribution in [0.5, 0.6) is 0 Å². The Labute approximate surface area is 96.2 Å². The molecule has 0 heterocycles. The van der Waals surface area contributed by atoms with Gasteiger partial charge in [-0.15, -0.1) is 0 Å². The van der Waals surface area contributed by atoms with Gasteiger partial charge in [0.1, 0.15) is 0 Å². The monoisotopic (exact) mass is 240 g/mol. The van der Waals surface area contributed by atoms with Gasteiger partial charge in [-0.3, -0.25) is 4.90 Å². The van der Waals surface area contributed by atoms with E-state index in [1.54, 1.807) is 0 Å². The average Bonchev–Trinajstić information content (AvgIpc) is 2.14. The second-order valence-corrected chi connectivity index (χ2v) is 4.52. The van der Waals surface area contributed by atoms with E-state index in [-0.39, 0.29) is 5.41 Å². The predicted molar refractivity (Wildman–Crippen MR) is 60.5 cm³/mol. The van der Waals surface area contributed by atoms with Crippen LogP contribution in [0, 0.1) is 5.41 Å². The topological polar surface area (TPSA) is 15.3 Å². The first-order valence-electron chi connectivity index (χ1n) is 5.68. The maximum Gasteiger partial charge on any atom is 0.401 e. The molecule has 5 heteroatoms. The van der Waals surface area contributed by atoms with Crippen molar-refractivity contribution in [3.05, 3.63) is 0 Å². The van der Waals surface area contributed by atoms with Gasteiger partial charge in [-0.1, -0.05) is 13.8 Å². The summed E-state index contributed by atoms with van der Waals surface area (Å²) >= 11 is 0. The normalized spacial score (nSPS) is 13.5. The van der Waals surface area contributed by atoms with Crippen LogP contribution in [0.2, 0.25) is 0 Å². The summed E-state index contributed by atoms with van der Waals surface area (Å²) in [7, 11) is 3.37. The molecule has 0 atom stereocenters. The number of halogens is 3. The third kappa shape index (κ3) is 5.70. The zero-order valence-electron chi connectivity index (χ0n) is 10.6. The van der Waals surface area contributed by atoms with Crippen molar-refractivity contribution >= 4 is 0 Å². The first-order chi connectivity index (χ1) is 7.28. The third-order valence-electron chi connectivity index (χ3n) is 3.11. The summed E-state index contributed by atoms with van der Waals surface area (Å²) in [4.78, 5) is 1.37. The molecule has 0 aliphatic carbocycles. The Kier molecular flexibility index (Phi) is 6.33. The zero-order valence-corrected chi connectivity index (χ0v) is 10.6. The van der Waals surface area contributed by atoms with Gasteiger partial charge in [0.2, 0.25) is 0 Å². The van der Waals surface area contributed by atoms with E-state index in [1.807, 2.05) is 20.9 Å². The number of hydrogen-bond acceptors (Lipinski definition) is 2. The second-order valence-electron chi connectivity index (χ2n) is 4.52. The van der Waals surface area contributed by atoms with Crippen molar-refractivity contribution in [3.63, 3.8) is 0 Å². The number of nitrogens with one attached hydrogen (secondary N) is 1. The standard InChI is InChI=1S/C11H23F3N2/c1-5-10(6-2,7-15-3)8-16(4)9-11(12,13)14/h15H,5-9H2,1-4H3. The number of nitrogens with zero attached hydrogens (tertiary/aromatic N) is 1. The minimum atomic E-state index is -4.11. The fraction of sp³-hybridized carbons (Fsp3) is 1.00. The molecule has 0 spiro atoms. The molecule has 0 saturated carbocycles. The third-order valence-corrected chi connectivity index (χ3v) is 3.11. The minimum absolute atomic E-state index is 0.0608. The van der Waals surface area contributed by atoms with E-state index in [0.717, 1.165) is 19.4 Å². The van der Waals surface area contributed by atoms with Gasteiger partial charge in [0.25, 0.3) is 0 Å². The predicted octanol–water partition coefficient (Wildman–Crippen LogP) is 2.51. The van der Waals surface area contributed by atoms with Crippen LogP contribution in [-0.4, -0.2) is 44.8 Å². The minimum Gasteiger partial charge on any atom is -0.319 e. The van der Waals surface area contributed by atoms with Crippen molar-refractivity contribution < 1.29 is 13.2 Å². The smallest absolute Gasteiger partial charge is 0.319 e. The van der Waals surface area contributed by atoms with E-state index in [0.29, 0.717) is 6.54 Å². The van der Waals surface area contributed by atoms with E-state index in [2.05, 4.69) is 5.32 Å². The van der Waals surface area contributed by atoms with E-state index in [1.165, 1.54) is 11.9 Å². The quantitative estimate of drug-likeness (QED) is 0.735. The highest BCUT2D eigenvalue weighted by Crippen LogP contribution is 2.27. The molecule has 1 N–H and O–H groups in total. The summed E-state index contributed by atoms with van der Waals surface area (Å²) < 4.78 is 36.7. The summed E-state index contributed by atoms with van der Waals surface area (Å²) in [6.45, 7) is 4.45. The van der Waals surface area contributed by atoms with Crippen LogP contribution in [0.3, 0.4) is 0 Å². The van der Waals surface area contributed by atoms with Crippen LogP contribution in [0.1, 0.15) is 26.7 Å². The Morgan fingerprint density at radius 2 is 1.56 bits per heavy atom. The van der Waals surface area contributed by atoms with Gasteiger partial charge in [0.15, 0.2) is 0 Å². The molecule has 0 amide bonds. The maximum absolute atomic E-state index is 12.2. The van der Waals surface area contributed by atoms with Gasteiger partial charge in [-0.2, -0.15) is 13.2 Å². The first kappa shape index (κ1) is 15.7. The summed E-state index contributed by atoms with van der Waals surface area (Å²) in [5.41, 5.74) is -0.0608. The van der Waals surface area contributed by atoms with Gasteiger partial charge >= 0.3 is 6.18 Å². The molecule has 0 aromatic heterocycles. The summed E-state index contributed by atoms with van der Waals surface area (Å²) in [5, 5.41) is 3.07. The maximum atomic E-state index is 12.2. The lowest BCUT2D eigenvalue weighted by atomic mass is 9.81. The highest BCUT2D eigenvalue weighted by Gasteiger charge is 2.33. The molecule has 0 radical (unpaired) electrons. The van der Waals surface area contributed by atoms with Crippen LogP contribution in [0.25, 0.3) is 0 Å². The lowest BCUT2D eigenvalue weighted by Gasteiger charge is -2.36. The van der Waals surface area contributed by atoms with Crippen LogP contribution in [0.15, 0.2) is 0 Å². The van der Waals surface area contributed by atoms with E-state index >= 15 is 0 Å². The molecule has 0 aromatic rings. The highest BCUT2D eigenvalue weighted by atomic mass is 19.4. The molecule has 16 heavy (non-hydrogen) atoms. The molecule has 2 nitrogen and oxygen atoms in total. The molecule has 0 aliphatic heterocycles. The van der Waals surface area contributed by atoms with Gasteiger partial charge in [-0.05, 0) is 32.4 Å². The Balaban J connectivity index is 4.39. The fourth-order valence-corrected chi connectivity index (χ4v) is 2.09. The number of alkyl halides is 3. The molecular weight excluding hydrogens is 217 g/mol. The number of hydrogen-bond donors (Lipinski definition) is 1. The van der Waals surface area contributed by atoms with E-state index in [4.69, 9.17) is 0 Å². The first-order valence-corrected chi connectivity index (χ1v) is 5.68. The summed E-state index contributed by atoms with van der Waals surface area (Å²) in [5.74, 6) is 0. The fourth-order valence-electron chi connectivity index (χ4n) is 2.09. The van der Waals surface area contributed by atoms with Crippen LogP contribution in [0.4, 0.5) is 13.2 Å². The largest absolute Gasteiger partial charge is 0.401 e. The molecular formula is C11H23F3N2. The molecule has 0 unspecified atom stereocenters. The van der Waals surface area contributed by atoms with E-state index in [9.17, 15) is 13.2 Å². The lowest BCUT2D eigenvalue weighted by molar-refractivity contribution is -0.146. The van der Waals surface area contributed by atoms with Crippen molar-refractivity contribution in [2.45, 2.75) is 32.9 Å².